The molecule has 26 heavy (non-hydrogen) atoms. The molecule has 8 heteroatoms. The van der Waals surface area contributed by atoms with Gasteiger partial charge < -0.3 is 15.4 Å². The summed E-state index contributed by atoms with van der Waals surface area (Å²) < 4.78 is 5.46. The summed E-state index contributed by atoms with van der Waals surface area (Å²) >= 11 is 1.30. The Morgan fingerprint density at radius 1 is 1.15 bits per heavy atom. The Morgan fingerprint density at radius 3 is 2.69 bits per heavy atom. The van der Waals surface area contributed by atoms with Crippen LogP contribution in [0.2, 0.25) is 0 Å². The Hall–Kier alpha value is -2.45. The van der Waals surface area contributed by atoms with Gasteiger partial charge in [-0.2, -0.15) is 0 Å². The number of anilines is 1. The van der Waals surface area contributed by atoms with Gasteiger partial charge in [0.15, 0.2) is 5.82 Å². The van der Waals surface area contributed by atoms with Crippen LogP contribution in [0.5, 0.6) is 0 Å². The normalized spacial score (nSPS) is 16.2. The standard InChI is InChI=1S/C18H20N4O3S/c23-16(19-11-14-7-4-10-25-14)12-26-17-9-8-15(21-22-17)20-18(24)13-5-2-1-3-6-13/h1-3,5-6,8-9,14H,4,7,10-12H2,(H,19,23)(H,20,21,24). The minimum atomic E-state index is -0.242. The summed E-state index contributed by atoms with van der Waals surface area (Å²) in [5.41, 5.74) is 0.552. The van der Waals surface area contributed by atoms with Gasteiger partial charge in [-0.05, 0) is 37.1 Å². The molecule has 7 nitrogen and oxygen atoms in total. The van der Waals surface area contributed by atoms with Gasteiger partial charge in [-0.1, -0.05) is 30.0 Å². The van der Waals surface area contributed by atoms with Crippen LogP contribution in [-0.4, -0.2) is 47.0 Å². The van der Waals surface area contributed by atoms with Crippen molar-refractivity contribution in [2.75, 3.05) is 24.2 Å². The predicted molar refractivity (Wildman–Crippen MR) is 99.1 cm³/mol. The zero-order valence-electron chi connectivity index (χ0n) is 14.2. The Kier molecular flexibility index (Phi) is 6.56. The van der Waals surface area contributed by atoms with E-state index in [-0.39, 0.29) is 23.7 Å². The van der Waals surface area contributed by atoms with E-state index in [1.54, 1.807) is 36.4 Å². The van der Waals surface area contributed by atoms with Crippen molar-refractivity contribution >= 4 is 29.4 Å². The molecule has 136 valence electrons. The lowest BCUT2D eigenvalue weighted by Crippen LogP contribution is -2.32. The maximum Gasteiger partial charge on any atom is 0.256 e. The minimum Gasteiger partial charge on any atom is -0.376 e. The van der Waals surface area contributed by atoms with Gasteiger partial charge in [0.1, 0.15) is 5.03 Å². The Bertz CT molecular complexity index is 734. The van der Waals surface area contributed by atoms with Crippen LogP contribution >= 0.6 is 11.8 Å². The fourth-order valence-corrected chi connectivity index (χ4v) is 3.11. The second-order valence-electron chi connectivity index (χ2n) is 5.80. The molecular formula is C18H20N4O3S. The molecule has 1 atom stereocenters. The monoisotopic (exact) mass is 372 g/mol. The second-order valence-corrected chi connectivity index (χ2v) is 6.80. The number of hydrogen-bond donors (Lipinski definition) is 2. The lowest BCUT2D eigenvalue weighted by atomic mass is 10.2. The van der Waals surface area contributed by atoms with E-state index in [2.05, 4.69) is 20.8 Å². The molecule has 3 rings (SSSR count). The topological polar surface area (TPSA) is 93.2 Å². The van der Waals surface area contributed by atoms with Crippen molar-refractivity contribution in [1.29, 1.82) is 0 Å². The lowest BCUT2D eigenvalue weighted by Gasteiger charge is -2.10. The van der Waals surface area contributed by atoms with Crippen LogP contribution in [0.1, 0.15) is 23.2 Å². The molecule has 1 aromatic heterocycles. The average Bonchev–Trinajstić information content (AvgIpc) is 3.20. The van der Waals surface area contributed by atoms with Crippen molar-refractivity contribution in [1.82, 2.24) is 15.5 Å². The van der Waals surface area contributed by atoms with Gasteiger partial charge >= 0.3 is 0 Å². The number of thioether (sulfide) groups is 1. The molecule has 2 heterocycles. The fraction of sp³-hybridized carbons (Fsp3) is 0.333. The summed E-state index contributed by atoms with van der Waals surface area (Å²) in [6.07, 6.45) is 2.18. The number of rotatable bonds is 7. The van der Waals surface area contributed by atoms with E-state index < -0.39 is 0 Å². The van der Waals surface area contributed by atoms with Crippen LogP contribution in [0.4, 0.5) is 5.82 Å². The fourth-order valence-electron chi connectivity index (χ4n) is 2.47. The van der Waals surface area contributed by atoms with Crippen molar-refractivity contribution < 1.29 is 14.3 Å². The van der Waals surface area contributed by atoms with E-state index >= 15 is 0 Å². The van der Waals surface area contributed by atoms with Crippen molar-refractivity contribution in [3.8, 4) is 0 Å². The first kappa shape index (κ1) is 18.3. The number of amides is 2. The number of nitrogens with one attached hydrogen (secondary N) is 2. The van der Waals surface area contributed by atoms with Gasteiger partial charge in [0, 0.05) is 18.7 Å². The molecule has 0 aliphatic carbocycles. The summed E-state index contributed by atoms with van der Waals surface area (Å²) in [7, 11) is 0. The number of aromatic nitrogens is 2. The van der Waals surface area contributed by atoms with Gasteiger partial charge in [-0.3, -0.25) is 9.59 Å². The quantitative estimate of drug-likeness (QED) is 0.723. The largest absolute Gasteiger partial charge is 0.376 e. The van der Waals surface area contributed by atoms with Crippen molar-refractivity contribution in [2.45, 2.75) is 24.0 Å². The summed E-state index contributed by atoms with van der Waals surface area (Å²) in [4.78, 5) is 23.9. The van der Waals surface area contributed by atoms with Crippen LogP contribution in [0.15, 0.2) is 47.5 Å². The van der Waals surface area contributed by atoms with Crippen LogP contribution < -0.4 is 10.6 Å². The zero-order valence-corrected chi connectivity index (χ0v) is 15.0. The molecule has 2 N–H and O–H groups in total. The Morgan fingerprint density at radius 2 is 2.00 bits per heavy atom. The molecule has 1 fully saturated rings. The molecule has 2 amide bonds. The molecule has 1 unspecified atom stereocenters. The third kappa shape index (κ3) is 5.53. The predicted octanol–water partition coefficient (Wildman–Crippen LogP) is 2.12. The first-order chi connectivity index (χ1) is 12.7. The molecule has 1 saturated heterocycles. The van der Waals surface area contributed by atoms with E-state index in [0.717, 1.165) is 19.4 Å². The molecule has 1 aliphatic rings. The molecule has 0 radical (unpaired) electrons. The highest BCUT2D eigenvalue weighted by molar-refractivity contribution is 7.99. The van der Waals surface area contributed by atoms with Crippen molar-refractivity contribution in [2.24, 2.45) is 0 Å². The molecule has 2 aromatic rings. The number of carbonyl (C=O) groups is 2. The number of hydrogen-bond acceptors (Lipinski definition) is 6. The molecule has 1 aliphatic heterocycles. The number of nitrogens with zero attached hydrogens (tertiary/aromatic N) is 2. The SMILES string of the molecule is O=C(CSc1ccc(NC(=O)c2ccccc2)nn1)NCC1CCCO1. The zero-order chi connectivity index (χ0) is 18.2. The summed E-state index contributed by atoms with van der Waals surface area (Å²) in [6, 6.07) is 12.3. The van der Waals surface area contributed by atoms with Crippen molar-refractivity contribution in [3.63, 3.8) is 0 Å². The maximum absolute atomic E-state index is 12.0. The van der Waals surface area contributed by atoms with E-state index in [0.29, 0.717) is 23.0 Å². The molecule has 0 saturated carbocycles. The Labute approximate surface area is 155 Å². The van der Waals surface area contributed by atoms with Gasteiger partial charge in [-0.25, -0.2) is 0 Å². The maximum atomic E-state index is 12.0. The van der Waals surface area contributed by atoms with E-state index in [9.17, 15) is 9.59 Å². The highest BCUT2D eigenvalue weighted by Gasteiger charge is 2.16. The summed E-state index contributed by atoms with van der Waals surface area (Å²) in [5.74, 6) is 0.325. The first-order valence-corrected chi connectivity index (χ1v) is 9.40. The van der Waals surface area contributed by atoms with Crippen LogP contribution in [-0.2, 0) is 9.53 Å². The van der Waals surface area contributed by atoms with Gasteiger partial charge in [0.25, 0.3) is 5.91 Å². The van der Waals surface area contributed by atoms with Crippen LogP contribution in [0.25, 0.3) is 0 Å². The van der Waals surface area contributed by atoms with Crippen molar-refractivity contribution in [3.05, 3.63) is 48.0 Å². The number of ether oxygens (including phenoxy) is 1. The summed E-state index contributed by atoms with van der Waals surface area (Å²) in [6.45, 7) is 1.33. The minimum absolute atomic E-state index is 0.0613. The van der Waals surface area contributed by atoms with E-state index in [1.165, 1.54) is 11.8 Å². The molecular weight excluding hydrogens is 352 g/mol. The number of carbonyl (C=O) groups excluding carboxylic acids is 2. The Balaban J connectivity index is 1.42. The van der Waals surface area contributed by atoms with E-state index in [1.807, 2.05) is 6.07 Å². The summed E-state index contributed by atoms with van der Waals surface area (Å²) in [5, 5.41) is 14.2. The van der Waals surface area contributed by atoms with Gasteiger partial charge in [0.2, 0.25) is 5.91 Å². The lowest BCUT2D eigenvalue weighted by molar-refractivity contribution is -0.119. The second kappa shape index (κ2) is 9.30. The van der Waals surface area contributed by atoms with E-state index in [4.69, 9.17) is 4.74 Å². The van der Waals surface area contributed by atoms with Gasteiger partial charge in [-0.15, -0.1) is 10.2 Å². The third-order valence-electron chi connectivity index (χ3n) is 3.82. The van der Waals surface area contributed by atoms with Crippen LogP contribution in [0, 0.1) is 0 Å². The highest BCUT2D eigenvalue weighted by atomic mass is 32.2. The number of benzene rings is 1. The smallest absolute Gasteiger partial charge is 0.256 e. The average molecular weight is 372 g/mol. The first-order valence-electron chi connectivity index (χ1n) is 8.42. The van der Waals surface area contributed by atoms with Crippen LogP contribution in [0.3, 0.4) is 0 Å². The molecule has 1 aromatic carbocycles. The van der Waals surface area contributed by atoms with Gasteiger partial charge in [0.05, 0.1) is 11.9 Å². The molecule has 0 bridgehead atoms. The molecule has 0 spiro atoms. The third-order valence-corrected chi connectivity index (χ3v) is 4.74. The highest BCUT2D eigenvalue weighted by Crippen LogP contribution is 2.16.